The predicted octanol–water partition coefficient (Wildman–Crippen LogP) is 4.04. The molecule has 1 aromatic heterocycles. The first-order valence-electron chi connectivity index (χ1n) is 10.8. The molecule has 0 radical (unpaired) electrons. The number of aromatic nitrogens is 2. The molecule has 5 heteroatoms. The van der Waals surface area contributed by atoms with Crippen molar-refractivity contribution in [2.24, 2.45) is 11.7 Å². The summed E-state index contributed by atoms with van der Waals surface area (Å²) in [6, 6.07) is 10.1. The molecule has 28 heavy (non-hydrogen) atoms. The van der Waals surface area contributed by atoms with Crippen LogP contribution in [0, 0.1) is 5.92 Å². The Morgan fingerprint density at radius 1 is 1.18 bits per heavy atom. The summed E-state index contributed by atoms with van der Waals surface area (Å²) in [7, 11) is 0. The van der Waals surface area contributed by atoms with Crippen LogP contribution in [-0.2, 0) is 24.5 Å². The molecule has 0 spiro atoms. The molecule has 1 fully saturated rings. The van der Waals surface area contributed by atoms with Crippen LogP contribution in [0.4, 0.5) is 0 Å². The lowest BCUT2D eigenvalue weighted by Crippen LogP contribution is -2.37. The van der Waals surface area contributed by atoms with Gasteiger partial charge in [-0.25, -0.2) is 4.98 Å². The van der Waals surface area contributed by atoms with Gasteiger partial charge in [-0.1, -0.05) is 62.4 Å². The molecule has 0 saturated heterocycles. The standard InChI is InChI=1S/C23H35N3O2/c24-21(16-19-8-3-1-4-9-19)22(27)12-7-13-23-25-14-15-26(23)18-28-17-20-10-5-2-6-11-20/h2,5-6,10-11,14-15,19,21-22,27H,1,3-4,7-9,12-13,16-18,24H2/t21-,22-/m0/s1. The average molecular weight is 386 g/mol. The van der Waals surface area contributed by atoms with Crippen LogP contribution in [0.3, 0.4) is 0 Å². The van der Waals surface area contributed by atoms with E-state index in [1.807, 2.05) is 35.2 Å². The van der Waals surface area contributed by atoms with Gasteiger partial charge in [0.15, 0.2) is 0 Å². The zero-order valence-electron chi connectivity index (χ0n) is 16.9. The van der Waals surface area contributed by atoms with Gasteiger partial charge in [0.2, 0.25) is 0 Å². The van der Waals surface area contributed by atoms with E-state index in [2.05, 4.69) is 17.1 Å². The summed E-state index contributed by atoms with van der Waals surface area (Å²) in [6.45, 7) is 1.08. The molecule has 1 heterocycles. The second kappa shape index (κ2) is 11.3. The van der Waals surface area contributed by atoms with E-state index in [1.54, 1.807) is 0 Å². The number of ether oxygens (including phenoxy) is 1. The number of aryl methyl sites for hydroxylation is 1. The van der Waals surface area contributed by atoms with Crippen molar-refractivity contribution in [3.63, 3.8) is 0 Å². The number of nitrogens with zero attached hydrogens (tertiary/aromatic N) is 2. The minimum Gasteiger partial charge on any atom is -0.392 e. The molecule has 0 unspecified atom stereocenters. The van der Waals surface area contributed by atoms with E-state index in [1.165, 1.54) is 37.7 Å². The second-order valence-corrected chi connectivity index (χ2v) is 8.14. The molecule has 2 aromatic rings. The van der Waals surface area contributed by atoms with Gasteiger partial charge in [0.05, 0.1) is 12.7 Å². The molecule has 3 N–H and O–H groups in total. The van der Waals surface area contributed by atoms with Crippen LogP contribution in [0.2, 0.25) is 0 Å². The smallest absolute Gasteiger partial charge is 0.124 e. The van der Waals surface area contributed by atoms with Crippen LogP contribution >= 0.6 is 0 Å². The van der Waals surface area contributed by atoms with Crippen LogP contribution in [0.15, 0.2) is 42.7 Å². The van der Waals surface area contributed by atoms with Gasteiger partial charge in [-0.2, -0.15) is 0 Å². The van der Waals surface area contributed by atoms with Gasteiger partial charge in [0.1, 0.15) is 12.6 Å². The predicted molar refractivity (Wildman–Crippen MR) is 112 cm³/mol. The van der Waals surface area contributed by atoms with E-state index in [0.717, 1.165) is 31.5 Å². The van der Waals surface area contributed by atoms with E-state index < -0.39 is 6.10 Å². The minimum absolute atomic E-state index is 0.1000. The minimum atomic E-state index is -0.417. The van der Waals surface area contributed by atoms with Crippen molar-refractivity contribution in [1.29, 1.82) is 0 Å². The van der Waals surface area contributed by atoms with Crippen molar-refractivity contribution >= 4 is 0 Å². The Balaban J connectivity index is 1.36. The Labute approximate surface area is 168 Å². The van der Waals surface area contributed by atoms with Crippen LogP contribution in [-0.4, -0.2) is 26.8 Å². The molecule has 3 rings (SSSR count). The third kappa shape index (κ3) is 6.73. The highest BCUT2D eigenvalue weighted by molar-refractivity contribution is 5.13. The lowest BCUT2D eigenvalue weighted by molar-refractivity contribution is 0.0618. The van der Waals surface area contributed by atoms with Gasteiger partial charge in [-0.3, -0.25) is 0 Å². The number of aliphatic hydroxyl groups is 1. The highest BCUT2D eigenvalue weighted by Crippen LogP contribution is 2.28. The SMILES string of the molecule is N[C@@H](CC1CCCCC1)[C@@H](O)CCCc1nccn1COCc1ccccc1. The molecule has 2 atom stereocenters. The summed E-state index contributed by atoms with van der Waals surface area (Å²) in [6.07, 6.45) is 13.3. The first-order valence-corrected chi connectivity index (χ1v) is 10.8. The summed E-state index contributed by atoms with van der Waals surface area (Å²) >= 11 is 0. The maximum absolute atomic E-state index is 10.4. The molecule has 5 nitrogen and oxygen atoms in total. The van der Waals surface area contributed by atoms with Crippen molar-refractivity contribution in [1.82, 2.24) is 9.55 Å². The lowest BCUT2D eigenvalue weighted by atomic mass is 9.83. The van der Waals surface area contributed by atoms with Crippen LogP contribution in [0.5, 0.6) is 0 Å². The van der Waals surface area contributed by atoms with Crippen LogP contribution < -0.4 is 5.73 Å². The van der Waals surface area contributed by atoms with Crippen LogP contribution in [0.1, 0.15) is 62.8 Å². The van der Waals surface area contributed by atoms with Crippen molar-refractivity contribution in [2.45, 2.75) is 83.3 Å². The zero-order valence-corrected chi connectivity index (χ0v) is 16.9. The van der Waals surface area contributed by atoms with Gasteiger partial charge < -0.3 is 20.1 Å². The van der Waals surface area contributed by atoms with E-state index in [0.29, 0.717) is 19.3 Å². The van der Waals surface area contributed by atoms with Crippen LogP contribution in [0.25, 0.3) is 0 Å². The fourth-order valence-corrected chi connectivity index (χ4v) is 4.17. The third-order valence-electron chi connectivity index (χ3n) is 5.87. The first kappa shape index (κ1) is 21.0. The molecule has 0 bridgehead atoms. The normalized spacial score (nSPS) is 17.5. The summed E-state index contributed by atoms with van der Waals surface area (Å²) in [5.41, 5.74) is 7.43. The molecule has 154 valence electrons. The Morgan fingerprint density at radius 2 is 1.96 bits per heavy atom. The number of nitrogens with two attached hydrogens (primary N) is 1. The summed E-state index contributed by atoms with van der Waals surface area (Å²) < 4.78 is 7.85. The van der Waals surface area contributed by atoms with E-state index >= 15 is 0 Å². The lowest BCUT2D eigenvalue weighted by Gasteiger charge is -2.27. The average Bonchev–Trinajstić information content (AvgIpc) is 3.17. The first-order chi connectivity index (χ1) is 13.7. The number of hydrogen-bond donors (Lipinski definition) is 2. The van der Waals surface area contributed by atoms with Crippen molar-refractivity contribution in [3.05, 3.63) is 54.1 Å². The molecular formula is C23H35N3O2. The Morgan fingerprint density at radius 3 is 2.75 bits per heavy atom. The molecule has 1 saturated carbocycles. The van der Waals surface area contributed by atoms with Gasteiger partial charge in [0, 0.05) is 24.9 Å². The Bertz CT molecular complexity index is 667. The summed E-state index contributed by atoms with van der Waals surface area (Å²) in [5.74, 6) is 1.71. The summed E-state index contributed by atoms with van der Waals surface area (Å²) in [5, 5.41) is 10.4. The van der Waals surface area contributed by atoms with Crippen molar-refractivity contribution in [3.8, 4) is 0 Å². The van der Waals surface area contributed by atoms with Gasteiger partial charge >= 0.3 is 0 Å². The molecular weight excluding hydrogens is 350 g/mol. The fraction of sp³-hybridized carbons (Fsp3) is 0.609. The molecule has 0 aliphatic heterocycles. The second-order valence-electron chi connectivity index (χ2n) is 8.14. The number of benzene rings is 1. The molecule has 0 amide bonds. The monoisotopic (exact) mass is 385 g/mol. The number of rotatable bonds is 11. The quantitative estimate of drug-likeness (QED) is 0.612. The van der Waals surface area contributed by atoms with Gasteiger partial charge in [-0.05, 0) is 30.7 Å². The molecule has 1 aliphatic rings. The highest BCUT2D eigenvalue weighted by atomic mass is 16.5. The largest absolute Gasteiger partial charge is 0.392 e. The van der Waals surface area contributed by atoms with Gasteiger partial charge in [0.25, 0.3) is 0 Å². The maximum Gasteiger partial charge on any atom is 0.124 e. The Hall–Kier alpha value is -1.69. The van der Waals surface area contributed by atoms with E-state index in [4.69, 9.17) is 10.5 Å². The summed E-state index contributed by atoms with van der Waals surface area (Å²) in [4.78, 5) is 4.45. The highest BCUT2D eigenvalue weighted by Gasteiger charge is 2.21. The molecule has 1 aliphatic carbocycles. The van der Waals surface area contributed by atoms with E-state index in [-0.39, 0.29) is 6.04 Å². The van der Waals surface area contributed by atoms with Crippen molar-refractivity contribution in [2.75, 3.05) is 0 Å². The topological polar surface area (TPSA) is 73.3 Å². The molecule has 1 aromatic carbocycles. The number of hydrogen-bond acceptors (Lipinski definition) is 4. The number of aliphatic hydroxyl groups excluding tert-OH is 1. The number of imidazole rings is 1. The zero-order chi connectivity index (χ0) is 19.6. The van der Waals surface area contributed by atoms with E-state index in [9.17, 15) is 5.11 Å². The van der Waals surface area contributed by atoms with Crippen molar-refractivity contribution < 1.29 is 9.84 Å². The van der Waals surface area contributed by atoms with Gasteiger partial charge in [-0.15, -0.1) is 0 Å². The third-order valence-corrected chi connectivity index (χ3v) is 5.87. The fourth-order valence-electron chi connectivity index (χ4n) is 4.17. The Kier molecular flexibility index (Phi) is 8.52. The maximum atomic E-state index is 10.4.